The highest BCUT2D eigenvalue weighted by Crippen LogP contribution is 2.37. The SMILES string of the molecule is [2H]c1c([2H])c(C)c2c(C)c(C(C)(C)C)c([2H])c(C(C)C)c2c1[2H]. The van der Waals surface area contributed by atoms with Gasteiger partial charge in [0, 0.05) is 0 Å². The standard InChI is InChI=1S/C19H26/c1-12(2)16-11-17(19(5,6)7)14(4)18-13(3)9-8-10-15(16)18/h8-12H,1-7H3/i8D,9D,10D,11D. The van der Waals surface area contributed by atoms with Crippen LogP contribution in [0.2, 0.25) is 0 Å². The summed E-state index contributed by atoms with van der Waals surface area (Å²) in [6, 6.07) is 0.649. The minimum atomic E-state index is -0.185. The van der Waals surface area contributed by atoms with Crippen molar-refractivity contribution < 1.29 is 5.48 Å². The predicted molar refractivity (Wildman–Crippen MR) is 86.2 cm³/mol. The smallest absolute Gasteiger partial charge is 0.0614 e. The molecule has 0 fully saturated rings. The van der Waals surface area contributed by atoms with Crippen LogP contribution in [0.4, 0.5) is 0 Å². The van der Waals surface area contributed by atoms with Crippen LogP contribution in [0, 0.1) is 13.8 Å². The molecule has 0 aliphatic heterocycles. The summed E-state index contributed by atoms with van der Waals surface area (Å²) in [4.78, 5) is 0. The highest BCUT2D eigenvalue weighted by atomic mass is 14.3. The molecule has 19 heavy (non-hydrogen) atoms. The molecule has 0 atom stereocenters. The third-order valence-electron chi connectivity index (χ3n) is 3.67. The van der Waals surface area contributed by atoms with Crippen LogP contribution in [0.1, 0.15) is 68.3 Å². The van der Waals surface area contributed by atoms with E-state index in [1.165, 1.54) is 0 Å². The quantitative estimate of drug-likeness (QED) is 0.599. The molecule has 0 bridgehead atoms. The topological polar surface area (TPSA) is 0 Å². The molecule has 0 aromatic heterocycles. The Morgan fingerprint density at radius 3 is 2.26 bits per heavy atom. The van der Waals surface area contributed by atoms with E-state index in [0.717, 1.165) is 27.6 Å². The summed E-state index contributed by atoms with van der Waals surface area (Å²) in [7, 11) is 0. The van der Waals surface area contributed by atoms with Gasteiger partial charge >= 0.3 is 0 Å². The average molecular weight is 258 g/mol. The van der Waals surface area contributed by atoms with Gasteiger partial charge in [-0.2, -0.15) is 0 Å². The van der Waals surface area contributed by atoms with Gasteiger partial charge in [0.1, 0.15) is 0 Å². The summed E-state index contributed by atoms with van der Waals surface area (Å²) in [5.74, 6) is 0.0891. The van der Waals surface area contributed by atoms with E-state index in [2.05, 4.69) is 20.8 Å². The molecule has 2 aromatic rings. The third kappa shape index (κ3) is 2.41. The second kappa shape index (κ2) is 4.67. The van der Waals surface area contributed by atoms with Crippen molar-refractivity contribution in [3.05, 3.63) is 46.4 Å². The first-order valence-corrected chi connectivity index (χ1v) is 6.94. The van der Waals surface area contributed by atoms with E-state index in [1.807, 2.05) is 27.7 Å². The minimum absolute atomic E-state index is 0.0424. The number of hydrogen-bond acceptors (Lipinski definition) is 0. The minimum Gasteiger partial charge on any atom is -0.0614 e. The lowest BCUT2D eigenvalue weighted by Crippen LogP contribution is -2.14. The van der Waals surface area contributed by atoms with E-state index >= 15 is 0 Å². The first-order valence-electron chi connectivity index (χ1n) is 8.94. The van der Waals surface area contributed by atoms with Crippen molar-refractivity contribution in [3.63, 3.8) is 0 Å². The third-order valence-corrected chi connectivity index (χ3v) is 3.67. The van der Waals surface area contributed by atoms with Crippen LogP contribution in [-0.2, 0) is 5.41 Å². The van der Waals surface area contributed by atoms with Crippen molar-refractivity contribution in [3.8, 4) is 0 Å². The molecule has 0 radical (unpaired) electrons. The van der Waals surface area contributed by atoms with E-state index in [-0.39, 0.29) is 29.5 Å². The summed E-state index contributed by atoms with van der Waals surface area (Å²) in [6.45, 7) is 14.2. The zero-order valence-electron chi connectivity index (χ0n) is 17.1. The summed E-state index contributed by atoms with van der Waals surface area (Å²) < 4.78 is 33.4. The Hall–Kier alpha value is -1.30. The number of benzene rings is 2. The van der Waals surface area contributed by atoms with Crippen LogP contribution in [-0.4, -0.2) is 0 Å². The Kier molecular flexibility index (Phi) is 2.35. The van der Waals surface area contributed by atoms with Gasteiger partial charge in [-0.25, -0.2) is 0 Å². The molecule has 2 rings (SSSR count). The molecule has 0 N–H and O–H groups in total. The fourth-order valence-corrected chi connectivity index (χ4v) is 2.77. The molecule has 102 valence electrons. The van der Waals surface area contributed by atoms with E-state index in [4.69, 9.17) is 5.48 Å². The van der Waals surface area contributed by atoms with E-state index in [1.54, 1.807) is 0 Å². The predicted octanol–water partition coefficient (Wildman–Crippen LogP) is 5.88. The lowest BCUT2D eigenvalue weighted by atomic mass is 9.78. The lowest BCUT2D eigenvalue weighted by Gasteiger charge is -2.26. The fourth-order valence-electron chi connectivity index (χ4n) is 2.77. The van der Waals surface area contributed by atoms with E-state index in [9.17, 15) is 0 Å². The van der Waals surface area contributed by atoms with Gasteiger partial charge in [-0.3, -0.25) is 0 Å². The Morgan fingerprint density at radius 1 is 1.11 bits per heavy atom. The van der Waals surface area contributed by atoms with Gasteiger partial charge in [0.05, 0.1) is 5.48 Å². The van der Waals surface area contributed by atoms with Gasteiger partial charge in [-0.1, -0.05) is 58.8 Å². The Morgan fingerprint density at radius 2 is 1.74 bits per heavy atom. The molecule has 0 spiro atoms. The lowest BCUT2D eigenvalue weighted by molar-refractivity contribution is 0.585. The number of hydrogen-bond donors (Lipinski definition) is 0. The van der Waals surface area contributed by atoms with Crippen LogP contribution >= 0.6 is 0 Å². The maximum absolute atomic E-state index is 8.76. The van der Waals surface area contributed by atoms with Crippen molar-refractivity contribution in [1.29, 1.82) is 0 Å². The molecule has 0 aliphatic carbocycles. The zero-order valence-corrected chi connectivity index (χ0v) is 13.1. The Balaban J connectivity index is 3.26. The Bertz CT molecular complexity index is 796. The van der Waals surface area contributed by atoms with Crippen molar-refractivity contribution >= 4 is 10.8 Å². The van der Waals surface area contributed by atoms with Gasteiger partial charge in [0.15, 0.2) is 0 Å². The molecule has 2 aromatic carbocycles. The highest BCUT2D eigenvalue weighted by molar-refractivity contribution is 5.92. The van der Waals surface area contributed by atoms with E-state index in [0.29, 0.717) is 11.4 Å². The van der Waals surface area contributed by atoms with E-state index < -0.39 is 0 Å². The second-order valence-corrected chi connectivity index (χ2v) is 6.69. The molecule has 0 nitrogen and oxygen atoms in total. The van der Waals surface area contributed by atoms with Crippen LogP contribution in [0.15, 0.2) is 24.2 Å². The zero-order chi connectivity index (χ0) is 17.9. The number of rotatable bonds is 1. The molecule has 0 heterocycles. The monoisotopic (exact) mass is 258 g/mol. The van der Waals surface area contributed by atoms with Crippen LogP contribution in [0.5, 0.6) is 0 Å². The van der Waals surface area contributed by atoms with Gasteiger partial charge in [0.25, 0.3) is 0 Å². The second-order valence-electron chi connectivity index (χ2n) is 6.69. The maximum atomic E-state index is 8.76. The average Bonchev–Trinajstić information content (AvgIpc) is 2.40. The summed E-state index contributed by atoms with van der Waals surface area (Å²) in [5.41, 5.74) is 3.34. The van der Waals surface area contributed by atoms with Gasteiger partial charge in [-0.15, -0.1) is 0 Å². The van der Waals surface area contributed by atoms with Crippen molar-refractivity contribution in [1.82, 2.24) is 0 Å². The molecular formula is C19H26. The first-order chi connectivity index (χ1) is 10.4. The highest BCUT2D eigenvalue weighted by Gasteiger charge is 2.21. The van der Waals surface area contributed by atoms with Crippen molar-refractivity contribution in [2.45, 2.75) is 59.8 Å². The first kappa shape index (κ1) is 9.58. The molecule has 0 heteroatoms. The molecule has 0 saturated heterocycles. The summed E-state index contributed by atoms with van der Waals surface area (Å²) in [6.07, 6.45) is 0. The van der Waals surface area contributed by atoms with Crippen LogP contribution in [0.3, 0.4) is 0 Å². The van der Waals surface area contributed by atoms with Gasteiger partial charge in [0.2, 0.25) is 0 Å². The molecule has 0 aliphatic rings. The fraction of sp³-hybridized carbons (Fsp3) is 0.474. The van der Waals surface area contributed by atoms with Gasteiger partial charge < -0.3 is 0 Å². The molecular weight excluding hydrogens is 228 g/mol. The van der Waals surface area contributed by atoms with Crippen LogP contribution < -0.4 is 0 Å². The summed E-state index contributed by atoms with van der Waals surface area (Å²) in [5, 5.41) is 1.58. The molecule has 0 unspecified atom stereocenters. The van der Waals surface area contributed by atoms with Crippen molar-refractivity contribution in [2.75, 3.05) is 0 Å². The molecule has 0 amide bonds. The van der Waals surface area contributed by atoms with Gasteiger partial charge in [-0.05, 0) is 58.2 Å². The maximum Gasteiger partial charge on any atom is 0.0629 e. The normalized spacial score (nSPS) is 15.4. The van der Waals surface area contributed by atoms with Crippen molar-refractivity contribution in [2.24, 2.45) is 0 Å². The molecule has 0 saturated carbocycles. The van der Waals surface area contributed by atoms with Crippen LogP contribution in [0.25, 0.3) is 10.8 Å². The summed E-state index contributed by atoms with van der Waals surface area (Å²) >= 11 is 0. The Labute approximate surface area is 123 Å². The number of aryl methyl sites for hydroxylation is 2. The number of fused-ring (bicyclic) bond motifs is 1. The largest absolute Gasteiger partial charge is 0.0629 e.